The molecule has 0 N–H and O–H groups in total. The van der Waals surface area contributed by atoms with E-state index in [1.807, 2.05) is 28.9 Å². The third-order valence-electron chi connectivity index (χ3n) is 4.15. The highest BCUT2D eigenvalue weighted by molar-refractivity contribution is 5.88. The summed E-state index contributed by atoms with van der Waals surface area (Å²) in [6.45, 7) is 1.10. The zero-order valence-corrected chi connectivity index (χ0v) is 12.6. The summed E-state index contributed by atoms with van der Waals surface area (Å²) in [5.41, 5.74) is 1.42. The average Bonchev–Trinajstić information content (AvgIpc) is 3.35. The second-order valence-electron chi connectivity index (χ2n) is 5.76. The molecule has 5 heteroatoms. The molecule has 1 aliphatic rings. The van der Waals surface area contributed by atoms with Crippen LogP contribution in [-0.4, -0.2) is 21.6 Å². The van der Waals surface area contributed by atoms with E-state index in [9.17, 15) is 0 Å². The van der Waals surface area contributed by atoms with Crippen LogP contribution in [0.5, 0.6) is 5.75 Å². The summed E-state index contributed by atoms with van der Waals surface area (Å²) in [6, 6.07) is 16.3. The first-order chi connectivity index (χ1) is 11.4. The van der Waals surface area contributed by atoms with Crippen LogP contribution in [0.3, 0.4) is 0 Å². The lowest BCUT2D eigenvalue weighted by Gasteiger charge is -2.10. The van der Waals surface area contributed by atoms with E-state index in [0.717, 1.165) is 35.1 Å². The quantitative estimate of drug-likeness (QED) is 0.725. The van der Waals surface area contributed by atoms with Gasteiger partial charge in [0.2, 0.25) is 0 Å². The topological polar surface area (TPSA) is 63.7 Å². The van der Waals surface area contributed by atoms with Crippen molar-refractivity contribution in [1.82, 2.24) is 15.0 Å². The summed E-state index contributed by atoms with van der Waals surface area (Å²) in [5.74, 6) is 1.31. The molecule has 1 heterocycles. The van der Waals surface area contributed by atoms with E-state index in [4.69, 9.17) is 10.00 Å². The van der Waals surface area contributed by atoms with Crippen LogP contribution in [0.15, 0.2) is 42.5 Å². The molecule has 0 saturated heterocycles. The number of ether oxygens (including phenoxy) is 1. The predicted molar refractivity (Wildman–Crippen MR) is 86.2 cm³/mol. The van der Waals surface area contributed by atoms with Crippen molar-refractivity contribution in [3.05, 3.63) is 53.9 Å². The molecule has 1 fully saturated rings. The number of fused-ring (bicyclic) bond motifs is 1. The molecule has 114 valence electrons. The minimum absolute atomic E-state index is 0.442. The van der Waals surface area contributed by atoms with Crippen molar-refractivity contribution in [2.75, 3.05) is 6.61 Å². The Labute approximate surface area is 134 Å². The summed E-state index contributed by atoms with van der Waals surface area (Å²) in [7, 11) is 0. The van der Waals surface area contributed by atoms with E-state index >= 15 is 0 Å². The molecule has 0 atom stereocenters. The molecule has 3 aromatic rings. The van der Waals surface area contributed by atoms with Crippen LogP contribution < -0.4 is 4.74 Å². The summed E-state index contributed by atoms with van der Waals surface area (Å²) < 4.78 is 7.77. The van der Waals surface area contributed by atoms with Gasteiger partial charge in [0.15, 0.2) is 5.69 Å². The standard InChI is InChI=1S/C18H16N4O/c19-12-16-18(14-8-9-14)22(21-20-16)10-11-23-17-7-3-5-13-4-1-2-6-15(13)17/h1-7,14H,8-11H2. The van der Waals surface area contributed by atoms with Crippen LogP contribution >= 0.6 is 0 Å². The van der Waals surface area contributed by atoms with Gasteiger partial charge in [-0.1, -0.05) is 41.6 Å². The van der Waals surface area contributed by atoms with Crippen molar-refractivity contribution < 1.29 is 4.74 Å². The third-order valence-corrected chi connectivity index (χ3v) is 4.15. The van der Waals surface area contributed by atoms with Gasteiger partial charge < -0.3 is 4.74 Å². The van der Waals surface area contributed by atoms with E-state index in [-0.39, 0.29) is 0 Å². The van der Waals surface area contributed by atoms with Crippen LogP contribution in [0.4, 0.5) is 0 Å². The van der Waals surface area contributed by atoms with Crippen molar-refractivity contribution >= 4 is 10.8 Å². The third kappa shape index (κ3) is 2.64. The van der Waals surface area contributed by atoms with Gasteiger partial charge in [0.25, 0.3) is 0 Å². The lowest BCUT2D eigenvalue weighted by molar-refractivity contribution is 0.290. The Morgan fingerprint density at radius 3 is 2.83 bits per heavy atom. The monoisotopic (exact) mass is 304 g/mol. The van der Waals surface area contributed by atoms with Gasteiger partial charge in [0.05, 0.1) is 12.2 Å². The maximum absolute atomic E-state index is 9.13. The molecule has 0 spiro atoms. The summed E-state index contributed by atoms with van der Waals surface area (Å²) in [4.78, 5) is 0. The molecule has 0 unspecified atom stereocenters. The predicted octanol–water partition coefficient (Wildman–Crippen LogP) is 3.26. The van der Waals surface area contributed by atoms with Gasteiger partial charge in [-0.05, 0) is 24.3 Å². The largest absolute Gasteiger partial charge is 0.491 e. The summed E-state index contributed by atoms with van der Waals surface area (Å²) >= 11 is 0. The second kappa shape index (κ2) is 5.73. The number of aromatic nitrogens is 3. The van der Waals surface area contributed by atoms with Gasteiger partial charge in [-0.25, -0.2) is 4.68 Å². The fraction of sp³-hybridized carbons (Fsp3) is 0.278. The highest BCUT2D eigenvalue weighted by Crippen LogP contribution is 2.40. The Hall–Kier alpha value is -2.87. The first kappa shape index (κ1) is 13.8. The molecule has 0 bridgehead atoms. The highest BCUT2D eigenvalue weighted by atomic mass is 16.5. The van der Waals surface area contributed by atoms with Crippen LogP contribution in [0.25, 0.3) is 10.8 Å². The lowest BCUT2D eigenvalue weighted by atomic mass is 10.1. The number of benzene rings is 2. The van der Waals surface area contributed by atoms with Crippen LogP contribution in [-0.2, 0) is 6.54 Å². The number of nitriles is 1. The second-order valence-corrected chi connectivity index (χ2v) is 5.76. The normalized spacial score (nSPS) is 13.9. The number of hydrogen-bond donors (Lipinski definition) is 0. The van der Waals surface area contributed by atoms with Crippen molar-refractivity contribution in [2.45, 2.75) is 25.3 Å². The maximum atomic E-state index is 9.13. The van der Waals surface area contributed by atoms with Gasteiger partial charge in [-0.2, -0.15) is 5.26 Å². The molecular weight excluding hydrogens is 288 g/mol. The first-order valence-electron chi connectivity index (χ1n) is 7.81. The van der Waals surface area contributed by atoms with Crippen LogP contribution in [0, 0.1) is 11.3 Å². The Morgan fingerprint density at radius 2 is 2.00 bits per heavy atom. The van der Waals surface area contributed by atoms with Gasteiger partial charge >= 0.3 is 0 Å². The number of nitrogens with zero attached hydrogens (tertiary/aromatic N) is 4. The molecule has 0 radical (unpaired) electrons. The molecule has 0 amide bonds. The molecule has 1 aliphatic carbocycles. The lowest BCUT2D eigenvalue weighted by Crippen LogP contribution is -2.12. The Balaban J connectivity index is 1.50. The molecule has 2 aromatic carbocycles. The van der Waals surface area contributed by atoms with Crippen LogP contribution in [0.1, 0.15) is 30.1 Å². The molecular formula is C18H16N4O. The first-order valence-corrected chi connectivity index (χ1v) is 7.81. The Bertz CT molecular complexity index is 884. The fourth-order valence-corrected chi connectivity index (χ4v) is 2.89. The van der Waals surface area contributed by atoms with Gasteiger partial charge in [0.1, 0.15) is 18.4 Å². The minimum atomic E-state index is 0.442. The van der Waals surface area contributed by atoms with Gasteiger partial charge in [-0.3, -0.25) is 0 Å². The average molecular weight is 304 g/mol. The molecule has 4 rings (SSSR count). The van der Waals surface area contributed by atoms with Crippen molar-refractivity contribution in [1.29, 1.82) is 5.26 Å². The molecule has 0 aliphatic heterocycles. The van der Waals surface area contributed by atoms with Crippen molar-refractivity contribution in [3.63, 3.8) is 0 Å². The number of rotatable bonds is 5. The summed E-state index contributed by atoms with van der Waals surface area (Å²) in [6.07, 6.45) is 2.23. The highest BCUT2D eigenvalue weighted by Gasteiger charge is 2.31. The number of hydrogen-bond acceptors (Lipinski definition) is 4. The molecule has 1 aromatic heterocycles. The van der Waals surface area contributed by atoms with Gasteiger partial charge in [-0.15, -0.1) is 5.10 Å². The zero-order valence-electron chi connectivity index (χ0n) is 12.6. The van der Waals surface area contributed by atoms with Crippen molar-refractivity contribution in [2.24, 2.45) is 0 Å². The Kier molecular flexibility index (Phi) is 3.43. The van der Waals surface area contributed by atoms with Crippen LogP contribution in [0.2, 0.25) is 0 Å². The van der Waals surface area contributed by atoms with Crippen molar-refractivity contribution in [3.8, 4) is 11.8 Å². The van der Waals surface area contributed by atoms with E-state index in [1.165, 1.54) is 0 Å². The maximum Gasteiger partial charge on any atom is 0.186 e. The summed E-state index contributed by atoms with van der Waals surface area (Å²) in [5, 5.41) is 19.5. The Morgan fingerprint density at radius 1 is 1.17 bits per heavy atom. The SMILES string of the molecule is N#Cc1nnn(CCOc2cccc3ccccc23)c1C1CC1. The molecule has 5 nitrogen and oxygen atoms in total. The van der Waals surface area contributed by atoms with E-state index in [2.05, 4.69) is 34.6 Å². The van der Waals surface area contributed by atoms with Gasteiger partial charge in [0, 0.05) is 11.3 Å². The van der Waals surface area contributed by atoms with E-state index in [0.29, 0.717) is 24.8 Å². The zero-order chi connectivity index (χ0) is 15.6. The smallest absolute Gasteiger partial charge is 0.186 e. The van der Waals surface area contributed by atoms with E-state index < -0.39 is 0 Å². The minimum Gasteiger partial charge on any atom is -0.491 e. The molecule has 1 saturated carbocycles. The fourth-order valence-electron chi connectivity index (χ4n) is 2.89. The van der Waals surface area contributed by atoms with E-state index in [1.54, 1.807) is 0 Å². The molecule has 23 heavy (non-hydrogen) atoms.